The van der Waals surface area contributed by atoms with Gasteiger partial charge in [0.05, 0.1) is 27.6 Å². The molecule has 7 heteroatoms. The van der Waals surface area contributed by atoms with E-state index in [1.807, 2.05) is 48.9 Å². The lowest BCUT2D eigenvalue weighted by Crippen LogP contribution is -2.48. The van der Waals surface area contributed by atoms with Crippen LogP contribution in [-0.2, 0) is 9.59 Å². The number of thioether (sulfide) groups is 1. The van der Waals surface area contributed by atoms with Crippen LogP contribution in [0.25, 0.3) is 5.69 Å². The zero-order valence-corrected chi connectivity index (χ0v) is 16.0. The molecule has 6 nitrogen and oxygen atoms in total. The van der Waals surface area contributed by atoms with Crippen molar-refractivity contribution in [2.24, 2.45) is 0 Å². The number of fused-ring (bicyclic) bond motifs is 1. The van der Waals surface area contributed by atoms with E-state index in [0.717, 1.165) is 29.2 Å². The zero-order chi connectivity index (χ0) is 18.5. The van der Waals surface area contributed by atoms with Gasteiger partial charge in [0.25, 0.3) is 0 Å². The average molecular weight is 370 g/mol. The highest BCUT2D eigenvalue weighted by Gasteiger charge is 2.53. The molecule has 2 aliphatic rings. The van der Waals surface area contributed by atoms with Gasteiger partial charge in [-0.1, -0.05) is 18.2 Å². The molecule has 2 fully saturated rings. The van der Waals surface area contributed by atoms with E-state index in [1.54, 1.807) is 16.7 Å². The van der Waals surface area contributed by atoms with Crippen molar-refractivity contribution >= 4 is 29.3 Å². The van der Waals surface area contributed by atoms with Gasteiger partial charge in [-0.25, -0.2) is 4.68 Å². The first-order chi connectivity index (χ1) is 12.4. The lowest BCUT2D eigenvalue weighted by atomic mass is 10.2. The Balaban J connectivity index is 1.59. The van der Waals surface area contributed by atoms with Crippen LogP contribution < -0.4 is 5.32 Å². The van der Waals surface area contributed by atoms with Crippen molar-refractivity contribution in [1.82, 2.24) is 14.7 Å². The van der Waals surface area contributed by atoms with E-state index >= 15 is 0 Å². The van der Waals surface area contributed by atoms with Crippen LogP contribution in [0.15, 0.2) is 30.3 Å². The Hall–Kier alpha value is -2.28. The van der Waals surface area contributed by atoms with Crippen LogP contribution >= 0.6 is 11.8 Å². The van der Waals surface area contributed by atoms with Crippen LogP contribution in [0.3, 0.4) is 0 Å². The first-order valence-electron chi connectivity index (χ1n) is 8.79. The van der Waals surface area contributed by atoms with Gasteiger partial charge < -0.3 is 10.2 Å². The van der Waals surface area contributed by atoms with Crippen molar-refractivity contribution in [2.75, 3.05) is 11.1 Å². The Morgan fingerprint density at radius 2 is 2.04 bits per heavy atom. The Morgan fingerprint density at radius 3 is 2.77 bits per heavy atom. The number of hydrogen-bond donors (Lipinski definition) is 1. The molecule has 1 aromatic heterocycles. The fourth-order valence-electron chi connectivity index (χ4n) is 3.87. The number of carbonyl (C=O) groups excluding carboxylic acids is 2. The summed E-state index contributed by atoms with van der Waals surface area (Å²) in [4.78, 5) is 26.7. The van der Waals surface area contributed by atoms with Crippen molar-refractivity contribution in [1.29, 1.82) is 0 Å². The predicted molar refractivity (Wildman–Crippen MR) is 102 cm³/mol. The summed E-state index contributed by atoms with van der Waals surface area (Å²) in [6.07, 6.45) is 1.33. The molecule has 136 valence electrons. The second kappa shape index (κ2) is 6.16. The molecule has 1 N–H and O–H groups in total. The maximum absolute atomic E-state index is 12.9. The minimum Gasteiger partial charge on any atom is -0.321 e. The van der Waals surface area contributed by atoms with Gasteiger partial charge in [-0.3, -0.25) is 9.59 Å². The maximum atomic E-state index is 12.9. The number of hydrogen-bond acceptors (Lipinski definition) is 4. The Kier molecular flexibility index (Phi) is 4.06. The van der Waals surface area contributed by atoms with Crippen molar-refractivity contribution in [3.8, 4) is 5.69 Å². The molecule has 4 rings (SSSR count). The highest BCUT2D eigenvalue weighted by molar-refractivity contribution is 8.01. The van der Waals surface area contributed by atoms with Gasteiger partial charge in [-0.2, -0.15) is 5.10 Å². The second-order valence-electron chi connectivity index (χ2n) is 7.05. The van der Waals surface area contributed by atoms with E-state index in [9.17, 15) is 9.59 Å². The fraction of sp³-hybridized carbons (Fsp3) is 0.421. The van der Waals surface area contributed by atoms with E-state index in [0.29, 0.717) is 12.2 Å². The van der Waals surface area contributed by atoms with Crippen LogP contribution in [0.4, 0.5) is 5.69 Å². The highest BCUT2D eigenvalue weighted by atomic mass is 32.2. The smallest absolute Gasteiger partial charge is 0.248 e. The first-order valence-corrected chi connectivity index (χ1v) is 9.78. The van der Waals surface area contributed by atoms with E-state index in [4.69, 9.17) is 0 Å². The Labute approximate surface area is 156 Å². The third-order valence-corrected chi connectivity index (χ3v) is 6.79. The topological polar surface area (TPSA) is 67.2 Å². The normalized spacial score (nSPS) is 24.8. The summed E-state index contributed by atoms with van der Waals surface area (Å²) in [6, 6.07) is 9.41. The number of nitrogens with zero attached hydrogens (tertiary/aromatic N) is 3. The summed E-state index contributed by atoms with van der Waals surface area (Å²) in [5, 5.41) is 7.60. The summed E-state index contributed by atoms with van der Waals surface area (Å²) in [6.45, 7) is 5.88. The molecule has 0 aliphatic carbocycles. The third kappa shape index (κ3) is 2.61. The SMILES string of the molecule is Cc1nn(-c2ccccc2)c(C)c1NC(=O)[C@@H]1CS[C@]2(C)CCC(=O)N12. The van der Waals surface area contributed by atoms with E-state index < -0.39 is 6.04 Å². The summed E-state index contributed by atoms with van der Waals surface area (Å²) in [7, 11) is 0. The van der Waals surface area contributed by atoms with Crippen molar-refractivity contribution in [3.63, 3.8) is 0 Å². The van der Waals surface area contributed by atoms with Crippen molar-refractivity contribution < 1.29 is 9.59 Å². The van der Waals surface area contributed by atoms with Gasteiger partial charge in [-0.05, 0) is 39.3 Å². The zero-order valence-electron chi connectivity index (χ0n) is 15.2. The van der Waals surface area contributed by atoms with E-state index in [-0.39, 0.29) is 16.7 Å². The maximum Gasteiger partial charge on any atom is 0.248 e. The van der Waals surface area contributed by atoms with Crippen LogP contribution in [0.1, 0.15) is 31.2 Å². The molecule has 26 heavy (non-hydrogen) atoms. The van der Waals surface area contributed by atoms with Gasteiger partial charge >= 0.3 is 0 Å². The largest absolute Gasteiger partial charge is 0.321 e. The lowest BCUT2D eigenvalue weighted by Gasteiger charge is -2.29. The lowest BCUT2D eigenvalue weighted by molar-refractivity contribution is -0.135. The van der Waals surface area contributed by atoms with Crippen LogP contribution in [0.2, 0.25) is 0 Å². The monoisotopic (exact) mass is 370 g/mol. The number of anilines is 1. The minimum absolute atomic E-state index is 0.0751. The quantitative estimate of drug-likeness (QED) is 0.902. The number of rotatable bonds is 3. The fourth-order valence-corrected chi connectivity index (χ4v) is 5.30. The Bertz CT molecular complexity index is 879. The van der Waals surface area contributed by atoms with Gasteiger partial charge in [-0.15, -0.1) is 11.8 Å². The van der Waals surface area contributed by atoms with E-state index in [2.05, 4.69) is 17.3 Å². The van der Waals surface area contributed by atoms with Crippen molar-refractivity contribution in [3.05, 3.63) is 41.7 Å². The average Bonchev–Trinajstić information content (AvgIpc) is 3.22. The van der Waals surface area contributed by atoms with Gasteiger partial charge in [0, 0.05) is 12.2 Å². The van der Waals surface area contributed by atoms with Crippen LogP contribution in [-0.4, -0.2) is 43.2 Å². The molecule has 0 unspecified atom stereocenters. The number of carbonyl (C=O) groups is 2. The van der Waals surface area contributed by atoms with Crippen LogP contribution in [0.5, 0.6) is 0 Å². The molecule has 0 saturated carbocycles. The summed E-state index contributed by atoms with van der Waals surface area (Å²) in [5.74, 6) is 0.584. The molecular weight excluding hydrogens is 348 g/mol. The Morgan fingerprint density at radius 1 is 1.31 bits per heavy atom. The predicted octanol–water partition coefficient (Wildman–Crippen LogP) is 2.88. The molecule has 2 atom stereocenters. The molecule has 1 aromatic carbocycles. The third-order valence-electron chi connectivity index (χ3n) is 5.29. The molecule has 0 radical (unpaired) electrons. The van der Waals surface area contributed by atoms with E-state index in [1.165, 1.54) is 0 Å². The molecule has 2 amide bonds. The molecule has 2 saturated heterocycles. The molecule has 2 aromatic rings. The second-order valence-corrected chi connectivity index (χ2v) is 8.55. The number of aromatic nitrogens is 2. The first kappa shape index (κ1) is 17.1. The molecule has 0 bridgehead atoms. The van der Waals surface area contributed by atoms with Gasteiger partial charge in [0.15, 0.2) is 0 Å². The minimum atomic E-state index is -0.418. The van der Waals surface area contributed by atoms with Crippen LogP contribution in [0, 0.1) is 13.8 Å². The number of aryl methyl sites for hydroxylation is 1. The van der Waals surface area contributed by atoms with Gasteiger partial charge in [0.2, 0.25) is 11.8 Å². The molecule has 2 aliphatic heterocycles. The number of nitrogens with one attached hydrogen (secondary N) is 1. The van der Waals surface area contributed by atoms with Gasteiger partial charge in [0.1, 0.15) is 6.04 Å². The molecule has 3 heterocycles. The van der Waals surface area contributed by atoms with Crippen molar-refractivity contribution in [2.45, 2.75) is 44.5 Å². The highest BCUT2D eigenvalue weighted by Crippen LogP contribution is 2.47. The number of benzene rings is 1. The molecular formula is C19H22N4O2S. The standard InChI is InChI=1S/C19H22N4O2S/c1-12-17(13(2)23(21-12)14-7-5-4-6-8-14)20-18(25)15-11-26-19(3)10-9-16(24)22(15)19/h4-8,15H,9-11H2,1-3H3,(H,20,25)/t15-,19+/m0/s1. The summed E-state index contributed by atoms with van der Waals surface area (Å²) >= 11 is 1.70. The molecule has 0 spiro atoms. The number of para-hydroxylation sites is 1. The number of amides is 2. The summed E-state index contributed by atoms with van der Waals surface area (Å²) < 4.78 is 1.83. The summed E-state index contributed by atoms with van der Waals surface area (Å²) in [5.41, 5.74) is 3.32.